The van der Waals surface area contributed by atoms with E-state index in [9.17, 15) is 4.79 Å². The minimum absolute atomic E-state index is 0.123. The van der Waals surface area contributed by atoms with E-state index in [1.165, 1.54) is 16.5 Å². The molecule has 0 aliphatic heterocycles. The molecule has 0 bridgehead atoms. The number of carbonyl (C=O) groups is 1. The first-order valence-corrected chi connectivity index (χ1v) is 9.24. The minimum atomic E-state index is -0.123. The summed E-state index contributed by atoms with van der Waals surface area (Å²) in [6.45, 7) is 2.52. The Kier molecular flexibility index (Phi) is 4.22. The molecule has 0 saturated carbocycles. The van der Waals surface area contributed by atoms with Gasteiger partial charge in [0, 0.05) is 16.6 Å². The Morgan fingerprint density at radius 1 is 1.12 bits per heavy atom. The van der Waals surface area contributed by atoms with Crippen molar-refractivity contribution < 1.29 is 9.53 Å². The van der Waals surface area contributed by atoms with Crippen LogP contribution in [0.15, 0.2) is 53.0 Å². The molecule has 4 rings (SSSR count). The van der Waals surface area contributed by atoms with Crippen molar-refractivity contribution in [3.05, 3.63) is 69.7 Å². The molecule has 3 nitrogen and oxygen atoms in total. The van der Waals surface area contributed by atoms with Crippen LogP contribution in [0.4, 0.5) is 5.69 Å². The van der Waals surface area contributed by atoms with E-state index in [4.69, 9.17) is 4.74 Å². The quantitative estimate of drug-likeness (QED) is 0.646. The first kappa shape index (κ1) is 16.2. The highest BCUT2D eigenvalue weighted by atomic mass is 79.9. The molecule has 0 radical (unpaired) electrons. The second-order valence-corrected chi connectivity index (χ2v) is 7.00. The molecule has 4 heteroatoms. The predicted molar refractivity (Wildman–Crippen MR) is 105 cm³/mol. The highest BCUT2D eigenvalue weighted by Gasteiger charge is 2.17. The van der Waals surface area contributed by atoms with Crippen molar-refractivity contribution in [1.29, 1.82) is 0 Å². The molecule has 126 valence electrons. The van der Waals surface area contributed by atoms with Crippen molar-refractivity contribution in [2.75, 3.05) is 11.9 Å². The smallest absolute Gasteiger partial charge is 0.255 e. The lowest BCUT2D eigenvalue weighted by molar-refractivity contribution is 0.102. The Labute approximate surface area is 155 Å². The Morgan fingerprint density at radius 3 is 2.68 bits per heavy atom. The van der Waals surface area contributed by atoms with Crippen LogP contribution in [0.3, 0.4) is 0 Å². The monoisotopic (exact) mass is 395 g/mol. The maximum Gasteiger partial charge on any atom is 0.255 e. The molecule has 3 aromatic carbocycles. The lowest BCUT2D eigenvalue weighted by Gasteiger charge is -2.12. The van der Waals surface area contributed by atoms with Gasteiger partial charge in [-0.3, -0.25) is 4.79 Å². The zero-order valence-electron chi connectivity index (χ0n) is 13.9. The summed E-state index contributed by atoms with van der Waals surface area (Å²) in [5, 5.41) is 5.48. The third-order valence-corrected chi connectivity index (χ3v) is 5.24. The fraction of sp³-hybridized carbons (Fsp3) is 0.190. The molecule has 25 heavy (non-hydrogen) atoms. The van der Waals surface area contributed by atoms with E-state index < -0.39 is 0 Å². The van der Waals surface area contributed by atoms with E-state index in [0.29, 0.717) is 12.2 Å². The second kappa shape index (κ2) is 6.52. The van der Waals surface area contributed by atoms with Gasteiger partial charge in [0.25, 0.3) is 5.91 Å². The molecule has 0 aromatic heterocycles. The molecule has 0 spiro atoms. The second-order valence-electron chi connectivity index (χ2n) is 6.14. The normalized spacial score (nSPS) is 12.4. The molecule has 0 unspecified atom stereocenters. The third kappa shape index (κ3) is 2.91. The summed E-state index contributed by atoms with van der Waals surface area (Å²) in [6.07, 6.45) is 2.16. The van der Waals surface area contributed by atoms with Crippen molar-refractivity contribution in [3.8, 4) is 5.75 Å². The molecule has 0 atom stereocenters. The van der Waals surface area contributed by atoms with Crippen LogP contribution < -0.4 is 10.1 Å². The fourth-order valence-corrected chi connectivity index (χ4v) is 3.96. The van der Waals surface area contributed by atoms with Crippen LogP contribution in [0.5, 0.6) is 5.75 Å². The van der Waals surface area contributed by atoms with Gasteiger partial charge in [-0.25, -0.2) is 0 Å². The lowest BCUT2D eigenvalue weighted by Crippen LogP contribution is -2.12. The fourth-order valence-electron chi connectivity index (χ4n) is 3.46. The summed E-state index contributed by atoms with van der Waals surface area (Å²) in [5.74, 6) is 0.617. The van der Waals surface area contributed by atoms with Gasteiger partial charge in [-0.15, -0.1) is 0 Å². The van der Waals surface area contributed by atoms with Gasteiger partial charge in [-0.05, 0) is 76.5 Å². The zero-order valence-corrected chi connectivity index (χ0v) is 15.5. The van der Waals surface area contributed by atoms with Crippen LogP contribution in [0.2, 0.25) is 0 Å². The van der Waals surface area contributed by atoms with Gasteiger partial charge in [0.05, 0.1) is 11.1 Å². The third-order valence-electron chi connectivity index (χ3n) is 4.62. The van der Waals surface area contributed by atoms with E-state index in [2.05, 4.69) is 45.5 Å². The Balaban J connectivity index is 1.66. The van der Waals surface area contributed by atoms with Crippen molar-refractivity contribution in [3.63, 3.8) is 0 Å². The van der Waals surface area contributed by atoms with Crippen LogP contribution >= 0.6 is 15.9 Å². The van der Waals surface area contributed by atoms with E-state index in [0.717, 1.165) is 34.1 Å². The van der Waals surface area contributed by atoms with E-state index in [1.807, 2.05) is 19.1 Å². The maximum absolute atomic E-state index is 12.7. The summed E-state index contributed by atoms with van der Waals surface area (Å²) in [7, 11) is 0. The van der Waals surface area contributed by atoms with Crippen LogP contribution in [0, 0.1) is 0 Å². The van der Waals surface area contributed by atoms with Crippen molar-refractivity contribution in [2.24, 2.45) is 0 Å². The first-order chi connectivity index (χ1) is 12.2. The Hall–Kier alpha value is -2.33. The number of anilines is 1. The summed E-state index contributed by atoms with van der Waals surface area (Å²) in [6, 6.07) is 15.8. The standard InChI is InChI=1S/C21H18BrNO2/c1-2-25-19-11-9-15(12-17(19)22)21(24)23-18-10-8-14-7-6-13-4-3-5-16(18)20(13)14/h3-5,8-12H,2,6-7H2,1H3,(H,23,24). The van der Waals surface area contributed by atoms with Gasteiger partial charge in [-0.1, -0.05) is 24.3 Å². The highest BCUT2D eigenvalue weighted by Crippen LogP contribution is 2.35. The van der Waals surface area contributed by atoms with Gasteiger partial charge in [-0.2, -0.15) is 0 Å². The number of benzene rings is 3. The molecule has 1 aliphatic rings. The zero-order chi connectivity index (χ0) is 17.4. The number of halogens is 1. The molecule has 0 saturated heterocycles. The Morgan fingerprint density at radius 2 is 1.92 bits per heavy atom. The van der Waals surface area contributed by atoms with Crippen LogP contribution in [0.25, 0.3) is 10.8 Å². The number of amides is 1. The number of ether oxygens (including phenoxy) is 1. The topological polar surface area (TPSA) is 38.3 Å². The summed E-state index contributed by atoms with van der Waals surface area (Å²) < 4.78 is 6.28. The molecule has 1 N–H and O–H groups in total. The van der Waals surface area contributed by atoms with Gasteiger partial charge >= 0.3 is 0 Å². The number of carbonyl (C=O) groups excluding carboxylic acids is 1. The molecular formula is C21H18BrNO2. The largest absolute Gasteiger partial charge is 0.493 e. The number of nitrogens with one attached hydrogen (secondary N) is 1. The van der Waals surface area contributed by atoms with E-state index in [-0.39, 0.29) is 5.91 Å². The molecule has 1 amide bonds. The van der Waals surface area contributed by atoms with Gasteiger partial charge in [0.2, 0.25) is 0 Å². The average Bonchev–Trinajstić information content (AvgIpc) is 3.04. The Bertz CT molecular complexity index is 971. The maximum atomic E-state index is 12.7. The van der Waals surface area contributed by atoms with Gasteiger partial charge in [0.15, 0.2) is 0 Å². The number of aryl methyl sites for hydroxylation is 2. The van der Waals surface area contributed by atoms with Gasteiger partial charge < -0.3 is 10.1 Å². The first-order valence-electron chi connectivity index (χ1n) is 8.44. The van der Waals surface area contributed by atoms with Crippen molar-refractivity contribution in [1.82, 2.24) is 0 Å². The summed E-state index contributed by atoms with van der Waals surface area (Å²) in [5.41, 5.74) is 4.19. The molecule has 1 aliphatic carbocycles. The molecule has 0 heterocycles. The predicted octanol–water partition coefficient (Wildman–Crippen LogP) is 5.35. The number of hydrogen-bond donors (Lipinski definition) is 1. The lowest BCUT2D eigenvalue weighted by atomic mass is 10.0. The molecular weight excluding hydrogens is 378 g/mol. The van der Waals surface area contributed by atoms with Crippen LogP contribution in [-0.2, 0) is 12.8 Å². The average molecular weight is 396 g/mol. The minimum Gasteiger partial charge on any atom is -0.493 e. The van der Waals surface area contributed by atoms with E-state index in [1.54, 1.807) is 12.1 Å². The number of hydrogen-bond acceptors (Lipinski definition) is 2. The van der Waals surface area contributed by atoms with Gasteiger partial charge in [0.1, 0.15) is 5.75 Å². The van der Waals surface area contributed by atoms with Crippen LogP contribution in [-0.4, -0.2) is 12.5 Å². The van der Waals surface area contributed by atoms with Crippen LogP contribution in [0.1, 0.15) is 28.4 Å². The number of rotatable bonds is 4. The molecule has 3 aromatic rings. The summed E-state index contributed by atoms with van der Waals surface area (Å²) in [4.78, 5) is 12.7. The highest BCUT2D eigenvalue weighted by molar-refractivity contribution is 9.10. The van der Waals surface area contributed by atoms with E-state index >= 15 is 0 Å². The summed E-state index contributed by atoms with van der Waals surface area (Å²) >= 11 is 3.46. The van der Waals surface area contributed by atoms with Crippen molar-refractivity contribution in [2.45, 2.75) is 19.8 Å². The SMILES string of the molecule is CCOc1ccc(C(=O)Nc2ccc3c4c(cccc24)CC3)cc1Br. The molecule has 0 fully saturated rings. The van der Waals surface area contributed by atoms with Crippen molar-refractivity contribution >= 4 is 38.3 Å².